The molecule has 27 heavy (non-hydrogen) atoms. The summed E-state index contributed by atoms with van der Waals surface area (Å²) < 4.78 is 6.79. The number of aliphatic hydroxyl groups excluding tert-OH is 1. The quantitative estimate of drug-likeness (QED) is 0.814. The lowest BCUT2D eigenvalue weighted by Crippen LogP contribution is -2.43. The van der Waals surface area contributed by atoms with Crippen molar-refractivity contribution >= 4 is 21.4 Å². The van der Waals surface area contributed by atoms with Gasteiger partial charge in [-0.1, -0.05) is 12.8 Å². The Balaban J connectivity index is 1.66. The molecule has 3 atom stereocenters. The first-order valence-corrected chi connectivity index (χ1v) is 11.2. The molecule has 1 aliphatic heterocycles. The number of ether oxygens (including phenoxy) is 1. The smallest absolute Gasteiger partial charge is 0.119 e. The van der Waals surface area contributed by atoms with Gasteiger partial charge in [0, 0.05) is 23.2 Å². The number of fused-ring (bicyclic) bond motifs is 1. The third-order valence-corrected chi connectivity index (χ3v) is 7.58. The number of nitrogens with two attached hydrogens (primary N) is 1. The summed E-state index contributed by atoms with van der Waals surface area (Å²) in [5.41, 5.74) is 7.51. The minimum Gasteiger partial charge on any atom is -0.497 e. The van der Waals surface area contributed by atoms with E-state index < -0.39 is 0 Å². The van der Waals surface area contributed by atoms with Gasteiger partial charge in [0.1, 0.15) is 5.75 Å². The monoisotopic (exact) mass is 388 g/mol. The van der Waals surface area contributed by atoms with E-state index in [1.165, 1.54) is 22.1 Å². The van der Waals surface area contributed by atoms with Gasteiger partial charge in [-0.3, -0.25) is 0 Å². The molecule has 4 rings (SSSR count). The molecule has 1 aromatic heterocycles. The molecule has 1 aliphatic carbocycles. The Bertz CT molecular complexity index is 754. The van der Waals surface area contributed by atoms with Gasteiger partial charge in [0.25, 0.3) is 0 Å². The Hall–Kier alpha value is -1.14. The maximum Gasteiger partial charge on any atom is 0.119 e. The fourth-order valence-electron chi connectivity index (χ4n) is 4.93. The number of methoxy groups -OCH3 is 1. The summed E-state index contributed by atoms with van der Waals surface area (Å²) in [6.07, 6.45) is 6.43. The van der Waals surface area contributed by atoms with Crippen LogP contribution < -0.4 is 10.5 Å². The second-order valence-electron chi connectivity index (χ2n) is 8.31. The van der Waals surface area contributed by atoms with E-state index in [0.717, 1.165) is 57.5 Å². The topological polar surface area (TPSA) is 58.7 Å². The van der Waals surface area contributed by atoms with Gasteiger partial charge in [0.2, 0.25) is 0 Å². The molecule has 0 bridgehead atoms. The van der Waals surface area contributed by atoms with Crippen LogP contribution in [-0.4, -0.2) is 48.9 Å². The first kappa shape index (κ1) is 19.2. The molecule has 4 nitrogen and oxygen atoms in total. The number of hydrogen-bond acceptors (Lipinski definition) is 5. The number of likely N-dealkylation sites (tertiary alicyclic amines) is 1. The van der Waals surface area contributed by atoms with Gasteiger partial charge in [-0.25, -0.2) is 0 Å². The zero-order chi connectivity index (χ0) is 18.8. The van der Waals surface area contributed by atoms with E-state index in [0.29, 0.717) is 17.9 Å². The molecule has 2 fully saturated rings. The molecule has 3 N–H and O–H groups in total. The third-order valence-electron chi connectivity index (χ3n) is 6.60. The number of benzene rings is 1. The van der Waals surface area contributed by atoms with Crippen LogP contribution in [0.3, 0.4) is 0 Å². The van der Waals surface area contributed by atoms with Crippen LogP contribution in [0.5, 0.6) is 5.75 Å². The first-order chi connectivity index (χ1) is 13.2. The maximum atomic E-state index is 10.8. The second kappa shape index (κ2) is 8.48. The van der Waals surface area contributed by atoms with Gasteiger partial charge >= 0.3 is 0 Å². The fourth-order valence-corrected chi connectivity index (χ4v) is 5.94. The minimum atomic E-state index is -0.184. The molecule has 2 aliphatic rings. The Morgan fingerprint density at radius 3 is 2.74 bits per heavy atom. The van der Waals surface area contributed by atoms with Crippen LogP contribution in [0.1, 0.15) is 50.0 Å². The standard InChI is InChI=1S/C22H32N2O2S/c1-26-16-6-7-22-18(12-16)20(14-27-22)19(17-4-2-3-5-21(17)25)13-24-10-8-15(23)9-11-24/h6-7,12,14-15,17,19,21,25H,2-5,8-11,13,23H2,1H3. The summed E-state index contributed by atoms with van der Waals surface area (Å²) in [4.78, 5) is 2.57. The van der Waals surface area contributed by atoms with Crippen molar-refractivity contribution in [3.63, 3.8) is 0 Å². The highest BCUT2D eigenvalue weighted by atomic mass is 32.1. The Morgan fingerprint density at radius 2 is 2.00 bits per heavy atom. The number of rotatable bonds is 5. The predicted molar refractivity (Wildman–Crippen MR) is 113 cm³/mol. The average Bonchev–Trinajstić information content (AvgIpc) is 3.11. The van der Waals surface area contributed by atoms with Crippen LogP contribution >= 0.6 is 11.3 Å². The molecule has 0 amide bonds. The molecule has 0 spiro atoms. The molecule has 1 aromatic carbocycles. The number of hydrogen-bond donors (Lipinski definition) is 2. The molecule has 148 valence electrons. The van der Waals surface area contributed by atoms with Crippen molar-refractivity contribution in [2.24, 2.45) is 11.7 Å². The van der Waals surface area contributed by atoms with Crippen molar-refractivity contribution in [2.45, 2.75) is 56.6 Å². The van der Waals surface area contributed by atoms with E-state index >= 15 is 0 Å². The fraction of sp³-hybridized carbons (Fsp3) is 0.636. The van der Waals surface area contributed by atoms with Crippen molar-refractivity contribution in [3.05, 3.63) is 29.1 Å². The van der Waals surface area contributed by atoms with Crippen LogP contribution in [0, 0.1) is 5.92 Å². The molecule has 3 unspecified atom stereocenters. The maximum absolute atomic E-state index is 10.8. The van der Waals surface area contributed by atoms with Gasteiger partial charge in [0.15, 0.2) is 0 Å². The normalized spacial score (nSPS) is 26.3. The van der Waals surface area contributed by atoms with E-state index in [2.05, 4.69) is 22.4 Å². The number of thiophene rings is 1. The second-order valence-corrected chi connectivity index (χ2v) is 9.22. The van der Waals surface area contributed by atoms with Gasteiger partial charge in [-0.05, 0) is 79.2 Å². The zero-order valence-electron chi connectivity index (χ0n) is 16.3. The van der Waals surface area contributed by atoms with E-state index in [9.17, 15) is 5.11 Å². The highest BCUT2D eigenvalue weighted by molar-refractivity contribution is 7.17. The number of aliphatic hydroxyl groups is 1. The van der Waals surface area contributed by atoms with Crippen LogP contribution in [0.4, 0.5) is 0 Å². The molecule has 5 heteroatoms. The Morgan fingerprint density at radius 1 is 1.22 bits per heavy atom. The molecular weight excluding hydrogens is 356 g/mol. The lowest BCUT2D eigenvalue weighted by molar-refractivity contribution is 0.0439. The van der Waals surface area contributed by atoms with Crippen LogP contribution in [-0.2, 0) is 0 Å². The van der Waals surface area contributed by atoms with Crippen molar-refractivity contribution in [2.75, 3.05) is 26.7 Å². The highest BCUT2D eigenvalue weighted by Gasteiger charge is 2.34. The number of nitrogens with zero attached hydrogens (tertiary/aromatic N) is 1. The molecular formula is C22H32N2O2S. The van der Waals surface area contributed by atoms with E-state index in [-0.39, 0.29) is 6.10 Å². The van der Waals surface area contributed by atoms with E-state index in [1.807, 2.05) is 17.4 Å². The zero-order valence-corrected chi connectivity index (χ0v) is 17.1. The SMILES string of the molecule is COc1ccc2scc(C(CN3CCC(N)CC3)C3CCCCC3O)c2c1. The van der Waals surface area contributed by atoms with E-state index in [4.69, 9.17) is 10.5 Å². The molecule has 1 saturated heterocycles. The van der Waals surface area contributed by atoms with Gasteiger partial charge in [0.05, 0.1) is 13.2 Å². The molecule has 1 saturated carbocycles. The Labute approximate surface area is 166 Å². The van der Waals surface area contributed by atoms with Crippen LogP contribution in [0.15, 0.2) is 23.6 Å². The van der Waals surface area contributed by atoms with Crippen LogP contribution in [0.25, 0.3) is 10.1 Å². The summed E-state index contributed by atoms with van der Waals surface area (Å²) in [6.45, 7) is 3.18. The highest BCUT2D eigenvalue weighted by Crippen LogP contribution is 2.42. The average molecular weight is 389 g/mol. The summed E-state index contributed by atoms with van der Waals surface area (Å²) in [6, 6.07) is 6.73. The molecule has 2 heterocycles. The minimum absolute atomic E-state index is 0.184. The predicted octanol–water partition coefficient (Wildman–Crippen LogP) is 3.97. The summed E-state index contributed by atoms with van der Waals surface area (Å²) >= 11 is 1.81. The summed E-state index contributed by atoms with van der Waals surface area (Å²) in [7, 11) is 1.73. The molecule has 2 aromatic rings. The van der Waals surface area contributed by atoms with Crippen molar-refractivity contribution in [1.82, 2.24) is 4.90 Å². The summed E-state index contributed by atoms with van der Waals surface area (Å²) in [5, 5.41) is 14.4. The lowest BCUT2D eigenvalue weighted by atomic mass is 9.74. The van der Waals surface area contributed by atoms with Gasteiger partial charge in [-0.15, -0.1) is 11.3 Å². The van der Waals surface area contributed by atoms with Gasteiger partial charge < -0.3 is 20.5 Å². The largest absolute Gasteiger partial charge is 0.497 e. The molecule has 0 radical (unpaired) electrons. The van der Waals surface area contributed by atoms with Crippen molar-refractivity contribution < 1.29 is 9.84 Å². The van der Waals surface area contributed by atoms with Crippen LogP contribution in [0.2, 0.25) is 0 Å². The van der Waals surface area contributed by atoms with E-state index in [1.54, 1.807) is 7.11 Å². The van der Waals surface area contributed by atoms with Gasteiger partial charge in [-0.2, -0.15) is 0 Å². The van der Waals surface area contributed by atoms with Crippen molar-refractivity contribution in [1.29, 1.82) is 0 Å². The summed E-state index contributed by atoms with van der Waals surface area (Å²) in [5.74, 6) is 1.63. The lowest BCUT2D eigenvalue weighted by Gasteiger charge is -2.39. The number of piperidine rings is 1. The first-order valence-electron chi connectivity index (χ1n) is 10.4. The third kappa shape index (κ3) is 4.16. The van der Waals surface area contributed by atoms with Crippen molar-refractivity contribution in [3.8, 4) is 5.75 Å². The Kier molecular flexibility index (Phi) is 6.02.